The Hall–Kier alpha value is -3.03. The third kappa shape index (κ3) is 4.39. The molecule has 3 aromatic rings. The number of rotatable bonds is 8. The number of benzene rings is 1. The van der Waals surface area contributed by atoms with Crippen LogP contribution < -0.4 is 14.8 Å². The minimum absolute atomic E-state index is 0.0965. The first-order valence-electron chi connectivity index (χ1n) is 9.06. The molecule has 1 aromatic carbocycles. The molecule has 0 radical (unpaired) electrons. The summed E-state index contributed by atoms with van der Waals surface area (Å²) in [4.78, 5) is 15.5. The topological polar surface area (TPSA) is 102 Å². The Balaban J connectivity index is 1.42. The van der Waals surface area contributed by atoms with Crippen molar-refractivity contribution < 1.29 is 18.7 Å². The van der Waals surface area contributed by atoms with Crippen molar-refractivity contribution >= 4 is 17.0 Å². The lowest BCUT2D eigenvalue weighted by Crippen LogP contribution is -2.35. The van der Waals surface area contributed by atoms with Crippen LogP contribution in [0.3, 0.4) is 0 Å². The van der Waals surface area contributed by atoms with Crippen LogP contribution in [0.15, 0.2) is 28.7 Å². The standard InChI is InChI=1S/C19H22N4O4/c1-11(20-12(2)24)9-26-18-8-16(22-23-18)19-21-15-6-5-14(7-17(15)27-19)25-10-13-3-4-13/h5-8,11,13H,3-4,9-10H2,1-2H3,(H,20,24)(H,22,23)/t11-/m0/s1. The second-order valence-electron chi connectivity index (χ2n) is 6.94. The average Bonchev–Trinajstić information content (AvgIpc) is 3.17. The number of nitrogens with zero attached hydrogens (tertiary/aromatic N) is 2. The fourth-order valence-corrected chi connectivity index (χ4v) is 2.69. The van der Waals surface area contributed by atoms with Gasteiger partial charge in [-0.3, -0.25) is 9.89 Å². The highest BCUT2D eigenvalue weighted by atomic mass is 16.5. The lowest BCUT2D eigenvalue weighted by Gasteiger charge is -2.11. The number of carbonyl (C=O) groups excluding carboxylic acids is 1. The molecular formula is C19H22N4O4. The van der Waals surface area contributed by atoms with Crippen molar-refractivity contribution in [2.24, 2.45) is 5.92 Å². The Morgan fingerprint density at radius 1 is 1.37 bits per heavy atom. The van der Waals surface area contributed by atoms with Crippen LogP contribution in [0.25, 0.3) is 22.7 Å². The highest BCUT2D eigenvalue weighted by Gasteiger charge is 2.22. The Labute approximate surface area is 156 Å². The van der Waals surface area contributed by atoms with E-state index in [0.717, 1.165) is 17.9 Å². The number of amides is 1. The van der Waals surface area contributed by atoms with Crippen LogP contribution in [0.5, 0.6) is 11.6 Å². The van der Waals surface area contributed by atoms with Crippen LogP contribution >= 0.6 is 0 Å². The van der Waals surface area contributed by atoms with E-state index in [-0.39, 0.29) is 11.9 Å². The molecule has 1 atom stereocenters. The number of carbonyl (C=O) groups is 1. The molecule has 1 aliphatic carbocycles. The highest BCUT2D eigenvalue weighted by Crippen LogP contribution is 2.31. The summed E-state index contributed by atoms with van der Waals surface area (Å²) in [7, 11) is 0. The van der Waals surface area contributed by atoms with Gasteiger partial charge in [0.25, 0.3) is 0 Å². The maximum atomic E-state index is 11.0. The minimum Gasteiger partial charge on any atom is -0.493 e. The number of fused-ring (bicyclic) bond motifs is 1. The lowest BCUT2D eigenvalue weighted by molar-refractivity contribution is -0.119. The molecule has 1 saturated carbocycles. The SMILES string of the molecule is CC(=O)N[C@@H](C)COc1cc(-c2nc3ccc(OCC4CC4)cc3o2)[nH]n1. The molecule has 2 heterocycles. The summed E-state index contributed by atoms with van der Waals surface area (Å²) in [5.74, 6) is 2.24. The molecule has 0 unspecified atom stereocenters. The van der Waals surface area contributed by atoms with E-state index in [4.69, 9.17) is 13.9 Å². The third-order valence-corrected chi connectivity index (χ3v) is 4.26. The van der Waals surface area contributed by atoms with E-state index in [1.54, 1.807) is 6.07 Å². The number of H-pyrrole nitrogens is 1. The van der Waals surface area contributed by atoms with Gasteiger partial charge in [0.1, 0.15) is 23.6 Å². The van der Waals surface area contributed by atoms with Crippen LogP contribution in [0.4, 0.5) is 0 Å². The van der Waals surface area contributed by atoms with Gasteiger partial charge >= 0.3 is 0 Å². The van der Waals surface area contributed by atoms with E-state index in [2.05, 4.69) is 20.5 Å². The molecule has 27 heavy (non-hydrogen) atoms. The summed E-state index contributed by atoms with van der Waals surface area (Å²) in [6, 6.07) is 7.25. The van der Waals surface area contributed by atoms with Crippen LogP contribution in [0.2, 0.25) is 0 Å². The zero-order valence-electron chi connectivity index (χ0n) is 15.3. The van der Waals surface area contributed by atoms with E-state index < -0.39 is 0 Å². The second-order valence-corrected chi connectivity index (χ2v) is 6.94. The number of hydrogen-bond donors (Lipinski definition) is 2. The van der Waals surface area contributed by atoms with Crippen molar-refractivity contribution in [1.82, 2.24) is 20.5 Å². The molecule has 142 valence electrons. The van der Waals surface area contributed by atoms with Crippen molar-refractivity contribution in [3.63, 3.8) is 0 Å². The summed E-state index contributed by atoms with van der Waals surface area (Å²) in [5, 5.41) is 9.71. The summed E-state index contributed by atoms with van der Waals surface area (Å²) in [6.45, 7) is 4.40. The fraction of sp³-hybridized carbons (Fsp3) is 0.421. The normalized spacial score (nSPS) is 14.9. The molecule has 8 heteroatoms. The molecule has 0 bridgehead atoms. The first kappa shape index (κ1) is 17.4. The van der Waals surface area contributed by atoms with Gasteiger partial charge < -0.3 is 19.2 Å². The molecule has 1 fully saturated rings. The average molecular weight is 370 g/mol. The molecule has 2 N–H and O–H groups in total. The van der Waals surface area contributed by atoms with E-state index >= 15 is 0 Å². The molecule has 1 aliphatic rings. The minimum atomic E-state index is -0.110. The number of oxazole rings is 1. The number of ether oxygens (including phenoxy) is 2. The lowest BCUT2D eigenvalue weighted by atomic mass is 10.3. The maximum Gasteiger partial charge on any atom is 0.245 e. The quantitative estimate of drug-likeness (QED) is 0.632. The van der Waals surface area contributed by atoms with E-state index in [9.17, 15) is 4.79 Å². The highest BCUT2D eigenvalue weighted by molar-refractivity contribution is 5.77. The molecular weight excluding hydrogens is 348 g/mol. The second kappa shape index (κ2) is 7.30. The van der Waals surface area contributed by atoms with Crippen LogP contribution in [-0.2, 0) is 4.79 Å². The van der Waals surface area contributed by atoms with Gasteiger partial charge in [-0.25, -0.2) is 4.98 Å². The maximum absolute atomic E-state index is 11.0. The van der Waals surface area contributed by atoms with Gasteiger partial charge in [-0.05, 0) is 37.8 Å². The van der Waals surface area contributed by atoms with Crippen molar-refractivity contribution in [3.05, 3.63) is 24.3 Å². The first-order chi connectivity index (χ1) is 13.1. The largest absolute Gasteiger partial charge is 0.493 e. The van der Waals surface area contributed by atoms with Crippen molar-refractivity contribution in [2.75, 3.05) is 13.2 Å². The van der Waals surface area contributed by atoms with Gasteiger partial charge in [0.2, 0.25) is 17.7 Å². The number of aromatic nitrogens is 3. The van der Waals surface area contributed by atoms with E-state index in [0.29, 0.717) is 35.6 Å². The third-order valence-electron chi connectivity index (χ3n) is 4.26. The summed E-state index contributed by atoms with van der Waals surface area (Å²) < 4.78 is 17.2. The van der Waals surface area contributed by atoms with Gasteiger partial charge in [-0.1, -0.05) is 0 Å². The molecule has 4 rings (SSSR count). The zero-order valence-corrected chi connectivity index (χ0v) is 15.3. The number of aromatic amines is 1. The van der Waals surface area contributed by atoms with Crippen molar-refractivity contribution in [3.8, 4) is 23.2 Å². The monoisotopic (exact) mass is 370 g/mol. The Kier molecular flexibility index (Phi) is 4.70. The van der Waals surface area contributed by atoms with Crippen molar-refractivity contribution in [1.29, 1.82) is 0 Å². The number of hydrogen-bond acceptors (Lipinski definition) is 6. The van der Waals surface area contributed by atoms with Gasteiger partial charge in [-0.2, -0.15) is 0 Å². The molecule has 2 aromatic heterocycles. The van der Waals surface area contributed by atoms with Gasteiger partial charge in [-0.15, -0.1) is 5.10 Å². The summed E-state index contributed by atoms with van der Waals surface area (Å²) >= 11 is 0. The molecule has 0 saturated heterocycles. The Morgan fingerprint density at radius 2 is 2.22 bits per heavy atom. The number of nitrogens with one attached hydrogen (secondary N) is 2. The van der Waals surface area contributed by atoms with Gasteiger partial charge in [0, 0.05) is 19.1 Å². The Bertz CT molecular complexity index is 944. The molecule has 0 spiro atoms. The predicted molar refractivity (Wildman–Crippen MR) is 98.6 cm³/mol. The zero-order chi connectivity index (χ0) is 18.8. The van der Waals surface area contributed by atoms with Crippen LogP contribution in [0, 0.1) is 5.92 Å². The Morgan fingerprint density at radius 3 is 3.00 bits per heavy atom. The van der Waals surface area contributed by atoms with Crippen LogP contribution in [0.1, 0.15) is 26.7 Å². The van der Waals surface area contributed by atoms with Gasteiger partial charge in [0.15, 0.2) is 5.58 Å². The predicted octanol–water partition coefficient (Wildman–Crippen LogP) is 2.91. The van der Waals surface area contributed by atoms with E-state index in [1.165, 1.54) is 19.8 Å². The van der Waals surface area contributed by atoms with Crippen molar-refractivity contribution in [2.45, 2.75) is 32.7 Å². The summed E-state index contributed by atoms with van der Waals surface area (Å²) in [5.41, 5.74) is 2.03. The molecule has 0 aliphatic heterocycles. The molecule has 8 nitrogen and oxygen atoms in total. The molecule has 1 amide bonds. The van der Waals surface area contributed by atoms with Crippen LogP contribution in [-0.4, -0.2) is 40.3 Å². The van der Waals surface area contributed by atoms with E-state index in [1.807, 2.05) is 25.1 Å². The fourth-order valence-electron chi connectivity index (χ4n) is 2.69. The summed E-state index contributed by atoms with van der Waals surface area (Å²) in [6.07, 6.45) is 2.51. The smallest absolute Gasteiger partial charge is 0.245 e. The first-order valence-corrected chi connectivity index (χ1v) is 9.06. The van der Waals surface area contributed by atoms with Gasteiger partial charge in [0.05, 0.1) is 12.6 Å².